The number of hydrogen-bond acceptors (Lipinski definition) is 5. The molecule has 0 saturated carbocycles. The number of nitrogens with zero attached hydrogens (tertiary/aromatic N) is 1. The topological polar surface area (TPSA) is 80.3 Å². The van der Waals surface area contributed by atoms with E-state index in [1.807, 2.05) is 51.1 Å². The normalized spacial score (nSPS) is 11.8. The lowest BCUT2D eigenvalue weighted by molar-refractivity contribution is -0.118. The van der Waals surface area contributed by atoms with Crippen molar-refractivity contribution in [2.75, 3.05) is 12.4 Å². The van der Waals surface area contributed by atoms with Crippen molar-refractivity contribution in [2.24, 2.45) is 5.92 Å². The highest BCUT2D eigenvalue weighted by Crippen LogP contribution is 2.31. The predicted octanol–water partition coefficient (Wildman–Crippen LogP) is 4.52. The summed E-state index contributed by atoms with van der Waals surface area (Å²) in [4.78, 5) is 31.0. The van der Waals surface area contributed by atoms with Crippen LogP contribution >= 0.6 is 11.3 Å². The van der Waals surface area contributed by atoms with Crippen molar-refractivity contribution >= 4 is 28.3 Å². The molecule has 0 unspecified atom stereocenters. The lowest BCUT2D eigenvalue weighted by Crippen LogP contribution is -2.47. The number of anilines is 1. The SMILES string of the molecule is COc1ccc(-c2nc(NC(=O)[C@@H](NC(=O)c3ccccc3)C(C)C)sc2C)cc1. The van der Waals surface area contributed by atoms with Gasteiger partial charge in [0.15, 0.2) is 5.13 Å². The molecule has 30 heavy (non-hydrogen) atoms. The average molecular weight is 424 g/mol. The highest BCUT2D eigenvalue weighted by Gasteiger charge is 2.26. The van der Waals surface area contributed by atoms with Crippen LogP contribution in [0.4, 0.5) is 5.13 Å². The molecule has 0 spiro atoms. The monoisotopic (exact) mass is 423 g/mol. The summed E-state index contributed by atoms with van der Waals surface area (Å²) < 4.78 is 5.20. The number of aryl methyl sites for hydroxylation is 1. The Morgan fingerprint density at radius 2 is 1.70 bits per heavy atom. The van der Waals surface area contributed by atoms with Gasteiger partial charge in [-0.1, -0.05) is 32.0 Å². The largest absolute Gasteiger partial charge is 0.497 e. The molecule has 0 radical (unpaired) electrons. The maximum atomic E-state index is 12.9. The first-order valence-corrected chi connectivity index (χ1v) is 10.5. The van der Waals surface area contributed by atoms with Gasteiger partial charge in [-0.05, 0) is 49.2 Å². The third kappa shape index (κ3) is 5.04. The first kappa shape index (κ1) is 21.5. The Bertz CT molecular complexity index is 1010. The van der Waals surface area contributed by atoms with Crippen molar-refractivity contribution in [3.05, 3.63) is 65.0 Å². The Balaban J connectivity index is 1.73. The third-order valence-corrected chi connectivity index (χ3v) is 5.55. The summed E-state index contributed by atoms with van der Waals surface area (Å²) in [7, 11) is 1.62. The van der Waals surface area contributed by atoms with Crippen molar-refractivity contribution in [1.29, 1.82) is 0 Å². The molecule has 3 rings (SSSR count). The molecular formula is C23H25N3O3S. The second-order valence-corrected chi connectivity index (χ2v) is 8.41. The van der Waals surface area contributed by atoms with Gasteiger partial charge < -0.3 is 15.4 Å². The molecule has 0 bridgehead atoms. The Kier molecular flexibility index (Phi) is 6.84. The van der Waals surface area contributed by atoms with Crippen molar-refractivity contribution < 1.29 is 14.3 Å². The maximum Gasteiger partial charge on any atom is 0.251 e. The molecule has 1 atom stereocenters. The quantitative estimate of drug-likeness (QED) is 0.585. The van der Waals surface area contributed by atoms with E-state index in [1.54, 1.807) is 31.4 Å². The number of methoxy groups -OCH3 is 1. The maximum absolute atomic E-state index is 12.9. The van der Waals surface area contributed by atoms with Crippen molar-refractivity contribution in [1.82, 2.24) is 10.3 Å². The number of carbonyl (C=O) groups is 2. The number of nitrogens with one attached hydrogen (secondary N) is 2. The van der Waals surface area contributed by atoms with Crippen molar-refractivity contribution in [3.8, 4) is 17.0 Å². The molecule has 1 aromatic heterocycles. The number of carbonyl (C=O) groups excluding carboxylic acids is 2. The van der Waals surface area contributed by atoms with E-state index in [2.05, 4.69) is 15.6 Å². The Hall–Kier alpha value is -3.19. The van der Waals surface area contributed by atoms with Crippen LogP contribution in [0.1, 0.15) is 29.1 Å². The number of thiazole rings is 1. The number of rotatable bonds is 7. The van der Waals surface area contributed by atoms with Gasteiger partial charge in [0, 0.05) is 16.0 Å². The van der Waals surface area contributed by atoms with Crippen molar-refractivity contribution in [2.45, 2.75) is 26.8 Å². The second kappa shape index (κ2) is 9.54. The van der Waals surface area contributed by atoms with Gasteiger partial charge in [0.05, 0.1) is 12.8 Å². The molecule has 1 heterocycles. The molecule has 2 aromatic carbocycles. The number of hydrogen-bond donors (Lipinski definition) is 2. The minimum absolute atomic E-state index is 0.0835. The standard InChI is InChI=1S/C23H25N3O3S/c1-14(2)19(24-21(27)17-8-6-5-7-9-17)22(28)26-23-25-20(15(3)30-23)16-10-12-18(29-4)13-11-16/h5-14,19H,1-4H3,(H,24,27)(H,25,26,28)/t19-/m0/s1. The molecular weight excluding hydrogens is 398 g/mol. The minimum atomic E-state index is -0.675. The molecule has 2 N–H and O–H groups in total. The van der Waals surface area contributed by atoms with Gasteiger partial charge in [-0.15, -0.1) is 11.3 Å². The van der Waals surface area contributed by atoms with E-state index < -0.39 is 6.04 Å². The van der Waals surface area contributed by atoms with Crippen LogP contribution < -0.4 is 15.4 Å². The minimum Gasteiger partial charge on any atom is -0.497 e. The van der Waals surface area contributed by atoms with Gasteiger partial charge in [0.1, 0.15) is 11.8 Å². The van der Waals surface area contributed by atoms with E-state index in [9.17, 15) is 9.59 Å². The second-order valence-electron chi connectivity index (χ2n) is 7.20. The molecule has 156 valence electrons. The van der Waals surface area contributed by atoms with E-state index in [0.29, 0.717) is 10.7 Å². The molecule has 7 heteroatoms. The molecule has 6 nitrogen and oxygen atoms in total. The number of ether oxygens (including phenoxy) is 1. The smallest absolute Gasteiger partial charge is 0.251 e. The van der Waals surface area contributed by atoms with Crippen LogP contribution in [-0.2, 0) is 4.79 Å². The lowest BCUT2D eigenvalue weighted by atomic mass is 10.0. The highest BCUT2D eigenvalue weighted by atomic mass is 32.1. The molecule has 0 aliphatic rings. The summed E-state index contributed by atoms with van der Waals surface area (Å²) in [6.45, 7) is 5.75. The molecule has 2 amide bonds. The van der Waals surface area contributed by atoms with Crippen molar-refractivity contribution in [3.63, 3.8) is 0 Å². The van der Waals surface area contributed by atoms with E-state index in [0.717, 1.165) is 21.9 Å². The highest BCUT2D eigenvalue weighted by molar-refractivity contribution is 7.16. The van der Waals surface area contributed by atoms with Crippen LogP contribution in [-0.4, -0.2) is 29.9 Å². The van der Waals surface area contributed by atoms with Crippen LogP contribution in [0, 0.1) is 12.8 Å². The zero-order valence-electron chi connectivity index (χ0n) is 17.4. The van der Waals surface area contributed by atoms with Gasteiger partial charge in [-0.25, -0.2) is 4.98 Å². The Labute approximate surface area is 180 Å². The third-order valence-electron chi connectivity index (χ3n) is 4.66. The van der Waals surface area contributed by atoms with Gasteiger partial charge >= 0.3 is 0 Å². The molecule has 0 aliphatic carbocycles. The zero-order chi connectivity index (χ0) is 21.7. The summed E-state index contributed by atoms with van der Waals surface area (Å²) in [5.41, 5.74) is 2.28. The van der Waals surface area contributed by atoms with E-state index in [-0.39, 0.29) is 17.7 Å². The number of benzene rings is 2. The first-order chi connectivity index (χ1) is 14.4. The Morgan fingerprint density at radius 3 is 2.30 bits per heavy atom. The summed E-state index contributed by atoms with van der Waals surface area (Å²) in [6, 6.07) is 15.8. The van der Waals surface area contributed by atoms with Gasteiger partial charge in [-0.3, -0.25) is 9.59 Å². The lowest BCUT2D eigenvalue weighted by Gasteiger charge is -2.21. The van der Waals surface area contributed by atoms with E-state index in [4.69, 9.17) is 4.74 Å². The first-order valence-electron chi connectivity index (χ1n) is 9.67. The summed E-state index contributed by atoms with van der Waals surface area (Å²) in [5, 5.41) is 6.20. The van der Waals surface area contributed by atoms with Gasteiger partial charge in [-0.2, -0.15) is 0 Å². The fourth-order valence-corrected chi connectivity index (χ4v) is 3.84. The van der Waals surface area contributed by atoms with Gasteiger partial charge in [0.25, 0.3) is 5.91 Å². The van der Waals surface area contributed by atoms with Crippen LogP contribution in [0.5, 0.6) is 5.75 Å². The molecule has 3 aromatic rings. The Morgan fingerprint density at radius 1 is 1.03 bits per heavy atom. The van der Waals surface area contributed by atoms with E-state index in [1.165, 1.54) is 11.3 Å². The van der Waals surface area contributed by atoms with Crippen LogP contribution in [0.25, 0.3) is 11.3 Å². The number of amides is 2. The summed E-state index contributed by atoms with van der Waals surface area (Å²) >= 11 is 1.40. The summed E-state index contributed by atoms with van der Waals surface area (Å²) in [5.74, 6) is 0.122. The zero-order valence-corrected chi connectivity index (χ0v) is 18.2. The molecule has 0 fully saturated rings. The fraction of sp³-hybridized carbons (Fsp3) is 0.261. The van der Waals surface area contributed by atoms with Crippen LogP contribution in [0.2, 0.25) is 0 Å². The van der Waals surface area contributed by atoms with Crippen LogP contribution in [0.15, 0.2) is 54.6 Å². The predicted molar refractivity (Wildman–Crippen MR) is 120 cm³/mol. The fourth-order valence-electron chi connectivity index (χ4n) is 3.00. The summed E-state index contributed by atoms with van der Waals surface area (Å²) in [6.07, 6.45) is 0. The number of aromatic nitrogens is 1. The van der Waals surface area contributed by atoms with Crippen LogP contribution in [0.3, 0.4) is 0 Å². The molecule has 0 aliphatic heterocycles. The molecule has 0 saturated heterocycles. The van der Waals surface area contributed by atoms with Gasteiger partial charge in [0.2, 0.25) is 5.91 Å². The average Bonchev–Trinajstić information content (AvgIpc) is 3.12. The van der Waals surface area contributed by atoms with E-state index >= 15 is 0 Å².